The highest BCUT2D eigenvalue weighted by atomic mass is 16.5. The molecule has 1 aliphatic rings. The zero-order valence-electron chi connectivity index (χ0n) is 16.3. The van der Waals surface area contributed by atoms with Gasteiger partial charge >= 0.3 is 0 Å². The number of unbranched alkanes of at least 4 members (excludes halogenated alkanes) is 4. The van der Waals surface area contributed by atoms with Crippen LogP contribution < -0.4 is 4.74 Å². The summed E-state index contributed by atoms with van der Waals surface area (Å²) in [4.78, 5) is 13.9. The number of nitrogens with zero attached hydrogens (tertiary/aromatic N) is 3. The number of ether oxygens (including phenoxy) is 1. The van der Waals surface area contributed by atoms with Crippen molar-refractivity contribution in [3.63, 3.8) is 0 Å². The molecule has 4 nitrogen and oxygen atoms in total. The van der Waals surface area contributed by atoms with Crippen molar-refractivity contribution in [1.29, 1.82) is 0 Å². The Bertz CT molecular complexity index is 916. The minimum atomic E-state index is 0.773. The van der Waals surface area contributed by atoms with E-state index in [0.29, 0.717) is 0 Å². The molecule has 0 spiro atoms. The van der Waals surface area contributed by atoms with E-state index in [4.69, 9.17) is 9.73 Å². The van der Waals surface area contributed by atoms with Gasteiger partial charge in [0.1, 0.15) is 5.75 Å². The molecular formula is C24H25N3O. The Morgan fingerprint density at radius 1 is 0.786 bits per heavy atom. The third-order valence-electron chi connectivity index (χ3n) is 4.94. The van der Waals surface area contributed by atoms with Crippen LogP contribution in [0.2, 0.25) is 0 Å². The Morgan fingerprint density at radius 3 is 2.07 bits per heavy atom. The molecule has 3 aromatic rings. The predicted molar refractivity (Wildman–Crippen MR) is 113 cm³/mol. The SMILES string of the molecule is CCCCCCCOc1ccc(N=C2c3cccnc3-c3ncccc32)cc1. The van der Waals surface area contributed by atoms with E-state index in [2.05, 4.69) is 29.0 Å². The summed E-state index contributed by atoms with van der Waals surface area (Å²) in [6.07, 6.45) is 9.82. The number of hydrogen-bond acceptors (Lipinski definition) is 4. The maximum atomic E-state index is 5.86. The summed E-state index contributed by atoms with van der Waals surface area (Å²) in [6, 6.07) is 16.0. The van der Waals surface area contributed by atoms with Crippen LogP contribution in [0.15, 0.2) is 65.9 Å². The first-order chi connectivity index (χ1) is 13.9. The zero-order chi connectivity index (χ0) is 19.2. The molecule has 0 N–H and O–H groups in total. The molecule has 4 rings (SSSR count). The van der Waals surface area contributed by atoms with Crippen LogP contribution in [0, 0.1) is 0 Å². The highest BCUT2D eigenvalue weighted by Crippen LogP contribution is 2.34. The molecule has 142 valence electrons. The Hall–Kier alpha value is -3.01. The van der Waals surface area contributed by atoms with Crippen molar-refractivity contribution >= 4 is 11.4 Å². The summed E-state index contributed by atoms with van der Waals surface area (Å²) in [5.74, 6) is 0.898. The van der Waals surface area contributed by atoms with Gasteiger partial charge in [-0.3, -0.25) is 9.97 Å². The van der Waals surface area contributed by atoms with Gasteiger partial charge in [0.15, 0.2) is 0 Å². The fourth-order valence-corrected chi connectivity index (χ4v) is 3.48. The number of fused-ring (bicyclic) bond motifs is 3. The van der Waals surface area contributed by atoms with E-state index in [-0.39, 0.29) is 0 Å². The standard InChI is InChI=1S/C24H25N3O/c1-2-3-4-5-6-17-28-19-13-11-18(12-14-19)27-22-20-9-7-15-25-23(20)24-21(22)10-8-16-26-24/h7-16H,2-6,17H2,1H3. The number of benzene rings is 1. The molecule has 0 radical (unpaired) electrons. The molecule has 0 saturated carbocycles. The van der Waals surface area contributed by atoms with Crippen LogP contribution in [-0.4, -0.2) is 22.3 Å². The molecule has 0 fully saturated rings. The second-order valence-corrected chi connectivity index (χ2v) is 7.02. The fraction of sp³-hybridized carbons (Fsp3) is 0.292. The number of hydrogen-bond donors (Lipinski definition) is 0. The number of aromatic nitrogens is 2. The smallest absolute Gasteiger partial charge is 0.119 e. The Balaban J connectivity index is 1.47. The van der Waals surface area contributed by atoms with Crippen LogP contribution in [0.4, 0.5) is 5.69 Å². The molecule has 0 aliphatic heterocycles. The lowest BCUT2D eigenvalue weighted by molar-refractivity contribution is 0.304. The van der Waals surface area contributed by atoms with E-state index < -0.39 is 0 Å². The van der Waals surface area contributed by atoms with Gasteiger partial charge in [0, 0.05) is 23.5 Å². The monoisotopic (exact) mass is 371 g/mol. The minimum Gasteiger partial charge on any atom is -0.494 e. The summed E-state index contributed by atoms with van der Waals surface area (Å²) in [5.41, 5.74) is 5.69. The number of aliphatic imine (C=N–C) groups is 1. The van der Waals surface area contributed by atoms with E-state index in [0.717, 1.165) is 52.7 Å². The minimum absolute atomic E-state index is 0.773. The van der Waals surface area contributed by atoms with Crippen LogP contribution in [0.5, 0.6) is 5.75 Å². The van der Waals surface area contributed by atoms with Crippen molar-refractivity contribution in [1.82, 2.24) is 9.97 Å². The first-order valence-electron chi connectivity index (χ1n) is 10.1. The molecule has 0 bridgehead atoms. The highest BCUT2D eigenvalue weighted by Gasteiger charge is 2.26. The van der Waals surface area contributed by atoms with E-state index in [1.807, 2.05) is 36.4 Å². The Kier molecular flexibility index (Phi) is 5.76. The molecule has 2 heterocycles. The van der Waals surface area contributed by atoms with Gasteiger partial charge in [0.05, 0.1) is 29.4 Å². The van der Waals surface area contributed by atoms with Gasteiger partial charge in [-0.15, -0.1) is 0 Å². The summed E-state index contributed by atoms with van der Waals surface area (Å²) in [7, 11) is 0. The molecule has 1 aromatic carbocycles. The normalized spacial score (nSPS) is 11.8. The summed E-state index contributed by atoms with van der Waals surface area (Å²) < 4.78 is 5.86. The second-order valence-electron chi connectivity index (χ2n) is 7.02. The molecule has 2 aromatic heterocycles. The first-order valence-corrected chi connectivity index (χ1v) is 10.1. The summed E-state index contributed by atoms with van der Waals surface area (Å²) in [5, 5.41) is 0. The molecule has 4 heteroatoms. The van der Waals surface area contributed by atoms with Crippen LogP contribution in [0.25, 0.3) is 11.4 Å². The van der Waals surface area contributed by atoms with Gasteiger partial charge in [-0.2, -0.15) is 0 Å². The van der Waals surface area contributed by atoms with E-state index in [1.54, 1.807) is 12.4 Å². The molecule has 1 aliphatic carbocycles. The Labute approximate surface area is 166 Å². The topological polar surface area (TPSA) is 47.4 Å². The van der Waals surface area contributed by atoms with Gasteiger partial charge in [0.2, 0.25) is 0 Å². The van der Waals surface area contributed by atoms with Crippen molar-refractivity contribution in [2.75, 3.05) is 6.61 Å². The van der Waals surface area contributed by atoms with Crippen LogP contribution in [0.1, 0.15) is 50.2 Å². The van der Waals surface area contributed by atoms with Gasteiger partial charge in [-0.1, -0.05) is 32.6 Å². The summed E-state index contributed by atoms with van der Waals surface area (Å²) in [6.45, 7) is 3.01. The average molecular weight is 371 g/mol. The fourth-order valence-electron chi connectivity index (χ4n) is 3.48. The summed E-state index contributed by atoms with van der Waals surface area (Å²) >= 11 is 0. The predicted octanol–water partition coefficient (Wildman–Crippen LogP) is 5.98. The van der Waals surface area contributed by atoms with Crippen molar-refractivity contribution in [2.24, 2.45) is 4.99 Å². The van der Waals surface area contributed by atoms with Crippen molar-refractivity contribution in [3.8, 4) is 17.1 Å². The van der Waals surface area contributed by atoms with E-state index >= 15 is 0 Å². The molecule has 0 saturated heterocycles. The van der Waals surface area contributed by atoms with Gasteiger partial charge in [-0.05, 0) is 55.0 Å². The third kappa shape index (κ3) is 3.96. The number of pyridine rings is 2. The third-order valence-corrected chi connectivity index (χ3v) is 4.94. The maximum Gasteiger partial charge on any atom is 0.119 e. The molecule has 28 heavy (non-hydrogen) atoms. The quantitative estimate of drug-likeness (QED) is 0.358. The van der Waals surface area contributed by atoms with Crippen molar-refractivity contribution < 1.29 is 4.74 Å². The maximum absolute atomic E-state index is 5.86. The molecule has 0 amide bonds. The zero-order valence-corrected chi connectivity index (χ0v) is 16.3. The molecular weight excluding hydrogens is 346 g/mol. The second kappa shape index (κ2) is 8.79. The van der Waals surface area contributed by atoms with Gasteiger partial charge in [0.25, 0.3) is 0 Å². The van der Waals surface area contributed by atoms with Crippen LogP contribution >= 0.6 is 0 Å². The first kappa shape index (κ1) is 18.4. The van der Waals surface area contributed by atoms with E-state index in [1.165, 1.54) is 25.7 Å². The lowest BCUT2D eigenvalue weighted by Gasteiger charge is -2.07. The van der Waals surface area contributed by atoms with Crippen molar-refractivity contribution in [3.05, 3.63) is 72.1 Å². The van der Waals surface area contributed by atoms with Gasteiger partial charge < -0.3 is 4.74 Å². The highest BCUT2D eigenvalue weighted by molar-refractivity contribution is 6.23. The van der Waals surface area contributed by atoms with E-state index in [9.17, 15) is 0 Å². The Morgan fingerprint density at radius 2 is 1.43 bits per heavy atom. The van der Waals surface area contributed by atoms with Crippen LogP contribution in [-0.2, 0) is 0 Å². The average Bonchev–Trinajstić information content (AvgIpc) is 3.06. The lowest BCUT2D eigenvalue weighted by Crippen LogP contribution is -1.98. The largest absolute Gasteiger partial charge is 0.494 e. The number of rotatable bonds is 8. The molecule has 0 unspecified atom stereocenters. The van der Waals surface area contributed by atoms with Gasteiger partial charge in [-0.25, -0.2) is 4.99 Å². The molecule has 0 atom stereocenters. The van der Waals surface area contributed by atoms with Crippen LogP contribution in [0.3, 0.4) is 0 Å². The lowest BCUT2D eigenvalue weighted by atomic mass is 10.1. The van der Waals surface area contributed by atoms with Crippen molar-refractivity contribution in [2.45, 2.75) is 39.0 Å².